The van der Waals surface area contributed by atoms with Crippen molar-refractivity contribution in [2.45, 2.75) is 39.0 Å². The van der Waals surface area contributed by atoms with Crippen molar-refractivity contribution in [2.24, 2.45) is 5.92 Å². The first-order valence-corrected chi connectivity index (χ1v) is 11.5. The summed E-state index contributed by atoms with van der Waals surface area (Å²) in [5.74, 6) is 0.171. The third-order valence-corrected chi connectivity index (χ3v) is 6.59. The van der Waals surface area contributed by atoms with Crippen molar-refractivity contribution in [3.05, 3.63) is 59.1 Å². The predicted molar refractivity (Wildman–Crippen MR) is 122 cm³/mol. The van der Waals surface area contributed by atoms with Crippen LogP contribution in [0.25, 0.3) is 10.8 Å². The Morgan fingerprint density at radius 1 is 1.10 bits per heavy atom. The Morgan fingerprint density at radius 3 is 2.63 bits per heavy atom. The van der Waals surface area contributed by atoms with Crippen LogP contribution in [0.3, 0.4) is 0 Å². The van der Waals surface area contributed by atoms with Crippen LogP contribution in [0.5, 0.6) is 0 Å². The zero-order chi connectivity index (χ0) is 20.9. The number of nitrogens with one attached hydrogen (secondary N) is 1. The van der Waals surface area contributed by atoms with Gasteiger partial charge in [0.05, 0.1) is 5.69 Å². The van der Waals surface area contributed by atoms with Gasteiger partial charge in [-0.1, -0.05) is 55.7 Å². The molecular weight excluding hydrogens is 394 g/mol. The quantitative estimate of drug-likeness (QED) is 0.590. The molecule has 0 atom stereocenters. The molecule has 156 valence electrons. The number of carbonyl (C=O) groups excluding carboxylic acids is 2. The number of benzene rings is 2. The number of carbonyl (C=O) groups is 2. The number of thiazole rings is 1. The first-order valence-electron chi connectivity index (χ1n) is 10.6. The molecular formula is C24H27N3O2S. The van der Waals surface area contributed by atoms with E-state index < -0.39 is 0 Å². The highest BCUT2D eigenvalue weighted by atomic mass is 32.1. The van der Waals surface area contributed by atoms with Gasteiger partial charge in [0.1, 0.15) is 6.54 Å². The van der Waals surface area contributed by atoms with E-state index in [4.69, 9.17) is 0 Å². The summed E-state index contributed by atoms with van der Waals surface area (Å²) in [5.41, 5.74) is 1.53. The van der Waals surface area contributed by atoms with E-state index in [1.54, 1.807) is 4.90 Å². The molecule has 0 bridgehead atoms. The molecule has 1 fully saturated rings. The van der Waals surface area contributed by atoms with Gasteiger partial charge in [0, 0.05) is 17.5 Å². The summed E-state index contributed by atoms with van der Waals surface area (Å²) in [6, 6.07) is 13.7. The Morgan fingerprint density at radius 2 is 1.87 bits per heavy atom. The van der Waals surface area contributed by atoms with Crippen LogP contribution in [0.1, 0.15) is 48.2 Å². The lowest BCUT2D eigenvalue weighted by Crippen LogP contribution is -2.41. The third-order valence-electron chi connectivity index (χ3n) is 5.71. The largest absolute Gasteiger partial charge is 0.329 e. The number of rotatable bonds is 6. The Kier molecular flexibility index (Phi) is 6.43. The van der Waals surface area contributed by atoms with E-state index >= 15 is 0 Å². The van der Waals surface area contributed by atoms with E-state index in [2.05, 4.69) is 10.3 Å². The van der Waals surface area contributed by atoms with Gasteiger partial charge in [-0.15, -0.1) is 11.3 Å². The molecule has 6 heteroatoms. The Hall–Kier alpha value is -2.73. The molecule has 1 N–H and O–H groups in total. The molecule has 1 saturated carbocycles. The number of hydrogen-bond acceptors (Lipinski definition) is 4. The van der Waals surface area contributed by atoms with Crippen molar-refractivity contribution in [3.63, 3.8) is 0 Å². The predicted octanol–water partition coefficient (Wildman–Crippen LogP) is 5.27. The van der Waals surface area contributed by atoms with Crippen LogP contribution in [0.15, 0.2) is 47.8 Å². The van der Waals surface area contributed by atoms with Gasteiger partial charge in [-0.05, 0) is 42.5 Å². The van der Waals surface area contributed by atoms with E-state index in [0.29, 0.717) is 23.2 Å². The maximum Gasteiger partial charge on any atom is 0.254 e. The van der Waals surface area contributed by atoms with E-state index in [1.807, 2.05) is 54.8 Å². The van der Waals surface area contributed by atoms with Crippen molar-refractivity contribution >= 4 is 39.1 Å². The molecule has 4 rings (SSSR count). The van der Waals surface area contributed by atoms with Crippen LogP contribution in [-0.2, 0) is 4.79 Å². The zero-order valence-electron chi connectivity index (χ0n) is 17.3. The lowest BCUT2D eigenvalue weighted by molar-refractivity contribution is -0.117. The van der Waals surface area contributed by atoms with Gasteiger partial charge in [0.25, 0.3) is 5.91 Å². The summed E-state index contributed by atoms with van der Waals surface area (Å²) in [7, 11) is 0. The molecule has 0 unspecified atom stereocenters. The first-order chi connectivity index (χ1) is 14.6. The van der Waals surface area contributed by atoms with Crippen molar-refractivity contribution in [1.29, 1.82) is 0 Å². The molecule has 0 aliphatic heterocycles. The van der Waals surface area contributed by atoms with Gasteiger partial charge in [-0.25, -0.2) is 4.98 Å². The van der Waals surface area contributed by atoms with Crippen molar-refractivity contribution < 1.29 is 9.59 Å². The van der Waals surface area contributed by atoms with Crippen LogP contribution in [-0.4, -0.2) is 34.8 Å². The molecule has 1 aliphatic carbocycles. The van der Waals surface area contributed by atoms with Crippen LogP contribution in [0.2, 0.25) is 0 Å². The highest BCUT2D eigenvalue weighted by Crippen LogP contribution is 2.26. The number of fused-ring (bicyclic) bond motifs is 1. The van der Waals surface area contributed by atoms with Crippen LogP contribution in [0, 0.1) is 12.8 Å². The highest BCUT2D eigenvalue weighted by Gasteiger charge is 2.25. The lowest BCUT2D eigenvalue weighted by atomic mass is 9.88. The van der Waals surface area contributed by atoms with Gasteiger partial charge >= 0.3 is 0 Å². The third kappa shape index (κ3) is 4.87. The second kappa shape index (κ2) is 9.39. The molecule has 0 radical (unpaired) electrons. The molecule has 0 saturated heterocycles. The maximum absolute atomic E-state index is 13.6. The second-order valence-electron chi connectivity index (χ2n) is 8.06. The fourth-order valence-corrected chi connectivity index (χ4v) is 4.93. The van der Waals surface area contributed by atoms with E-state index in [1.165, 1.54) is 30.6 Å². The average molecular weight is 422 g/mol. The van der Waals surface area contributed by atoms with Gasteiger partial charge in [0.15, 0.2) is 5.13 Å². The fraction of sp³-hybridized carbons (Fsp3) is 0.375. The average Bonchev–Trinajstić information content (AvgIpc) is 3.17. The molecule has 1 aromatic heterocycles. The summed E-state index contributed by atoms with van der Waals surface area (Å²) in [6.45, 7) is 2.55. The Balaban J connectivity index is 1.56. The summed E-state index contributed by atoms with van der Waals surface area (Å²) in [5, 5.41) is 7.28. The highest BCUT2D eigenvalue weighted by molar-refractivity contribution is 7.13. The fourth-order valence-electron chi connectivity index (χ4n) is 4.23. The zero-order valence-corrected chi connectivity index (χ0v) is 18.1. The minimum atomic E-state index is -0.200. The maximum atomic E-state index is 13.6. The number of aromatic nitrogens is 1. The van der Waals surface area contributed by atoms with Crippen molar-refractivity contribution in [2.75, 3.05) is 18.4 Å². The van der Waals surface area contributed by atoms with Gasteiger partial charge < -0.3 is 10.2 Å². The molecule has 1 heterocycles. The lowest BCUT2D eigenvalue weighted by Gasteiger charge is -2.29. The van der Waals surface area contributed by atoms with Crippen LogP contribution >= 0.6 is 11.3 Å². The summed E-state index contributed by atoms with van der Waals surface area (Å²) in [4.78, 5) is 32.3. The minimum Gasteiger partial charge on any atom is -0.329 e. The van der Waals surface area contributed by atoms with E-state index in [9.17, 15) is 9.59 Å². The molecule has 3 aromatic rings. The summed E-state index contributed by atoms with van der Waals surface area (Å²) in [6.07, 6.45) is 5.90. The van der Waals surface area contributed by atoms with Crippen molar-refractivity contribution in [3.8, 4) is 0 Å². The number of anilines is 1. The van der Waals surface area contributed by atoms with E-state index in [0.717, 1.165) is 29.3 Å². The number of nitrogens with zero attached hydrogens (tertiary/aromatic N) is 2. The van der Waals surface area contributed by atoms with Gasteiger partial charge in [-0.2, -0.15) is 0 Å². The molecule has 30 heavy (non-hydrogen) atoms. The van der Waals surface area contributed by atoms with Crippen LogP contribution < -0.4 is 5.32 Å². The standard InChI is InChI=1S/C24H27N3O2S/c1-17-16-30-24(25-17)26-22(28)15-27(14-18-8-3-2-4-9-18)23(29)21-13-7-11-19-10-5-6-12-20(19)21/h5-7,10-13,16,18H,2-4,8-9,14-15H2,1H3,(H,25,26,28). The molecule has 5 nitrogen and oxygen atoms in total. The number of hydrogen-bond donors (Lipinski definition) is 1. The minimum absolute atomic E-state index is 0.0389. The second-order valence-corrected chi connectivity index (χ2v) is 8.92. The first kappa shape index (κ1) is 20.5. The molecule has 0 spiro atoms. The molecule has 2 aromatic carbocycles. The molecule has 1 aliphatic rings. The monoisotopic (exact) mass is 421 g/mol. The van der Waals surface area contributed by atoms with Crippen molar-refractivity contribution in [1.82, 2.24) is 9.88 Å². The van der Waals surface area contributed by atoms with Gasteiger partial charge in [-0.3, -0.25) is 9.59 Å². The van der Waals surface area contributed by atoms with E-state index in [-0.39, 0.29) is 18.4 Å². The Labute approximate surface area is 181 Å². The number of amides is 2. The smallest absolute Gasteiger partial charge is 0.254 e. The molecule has 2 amide bonds. The Bertz CT molecular complexity index is 1030. The summed E-state index contributed by atoms with van der Waals surface area (Å²) >= 11 is 1.40. The summed E-state index contributed by atoms with van der Waals surface area (Å²) < 4.78 is 0. The normalized spacial score (nSPS) is 14.6. The van der Waals surface area contributed by atoms with Crippen LogP contribution in [0.4, 0.5) is 5.13 Å². The topological polar surface area (TPSA) is 62.3 Å². The number of aryl methyl sites for hydroxylation is 1. The SMILES string of the molecule is Cc1csc(NC(=O)CN(CC2CCCCC2)C(=O)c2cccc3ccccc23)n1. The van der Waals surface area contributed by atoms with Gasteiger partial charge in [0.2, 0.25) is 5.91 Å².